The second-order valence-corrected chi connectivity index (χ2v) is 9.68. The zero-order chi connectivity index (χ0) is 20.0. The van der Waals surface area contributed by atoms with Crippen molar-refractivity contribution in [3.63, 3.8) is 0 Å². The summed E-state index contributed by atoms with van der Waals surface area (Å²) < 4.78 is 38.7. The number of aliphatic imine (C=N–C) groups is 1. The van der Waals surface area contributed by atoms with Crippen LogP contribution in [-0.2, 0) is 15.4 Å². The topological polar surface area (TPSA) is 122 Å². The second-order valence-electron chi connectivity index (χ2n) is 7.14. The van der Waals surface area contributed by atoms with E-state index in [0.29, 0.717) is 16.8 Å². The predicted molar refractivity (Wildman–Crippen MR) is 99.0 cm³/mol. The van der Waals surface area contributed by atoms with E-state index in [0.717, 1.165) is 0 Å². The molecule has 0 aromatic carbocycles. The zero-order valence-corrected chi connectivity index (χ0v) is 15.9. The summed E-state index contributed by atoms with van der Waals surface area (Å²) in [7, 11) is -3.69. The first-order chi connectivity index (χ1) is 12.5. The standard InChI is InChI=1S/C18H18FN5O2S/c1-17(2)16(21)24-18(3,10-27(17,25)26)15-13(19)4-5-14(23-15)12-6-11(7-20)8-22-9-12/h4-6,8-9H,10H2,1-3H3,(H2,21,24)/t18-/m0/s1. The third kappa shape index (κ3) is 3.06. The van der Waals surface area contributed by atoms with Crippen molar-refractivity contribution in [2.75, 3.05) is 5.75 Å². The highest BCUT2D eigenvalue weighted by Gasteiger charge is 2.50. The maximum Gasteiger partial charge on any atom is 0.165 e. The highest BCUT2D eigenvalue weighted by atomic mass is 32.2. The third-order valence-electron chi connectivity index (χ3n) is 4.75. The zero-order valence-electron chi connectivity index (χ0n) is 15.1. The lowest BCUT2D eigenvalue weighted by atomic mass is 9.97. The first kappa shape index (κ1) is 18.9. The fourth-order valence-electron chi connectivity index (χ4n) is 2.89. The van der Waals surface area contributed by atoms with Gasteiger partial charge in [0.15, 0.2) is 9.84 Å². The van der Waals surface area contributed by atoms with Gasteiger partial charge in [0, 0.05) is 18.0 Å². The summed E-state index contributed by atoms with van der Waals surface area (Å²) in [4.78, 5) is 12.6. The van der Waals surface area contributed by atoms with E-state index < -0.39 is 31.7 Å². The lowest BCUT2D eigenvalue weighted by Crippen LogP contribution is -2.55. The smallest absolute Gasteiger partial charge is 0.165 e. The molecular weight excluding hydrogens is 369 g/mol. The lowest BCUT2D eigenvalue weighted by molar-refractivity contribution is 0.462. The van der Waals surface area contributed by atoms with Crippen molar-refractivity contribution in [3.05, 3.63) is 47.7 Å². The molecule has 2 aromatic heterocycles. The molecule has 27 heavy (non-hydrogen) atoms. The Labute approximate surface area is 156 Å². The van der Waals surface area contributed by atoms with Gasteiger partial charge in [-0.05, 0) is 39.0 Å². The van der Waals surface area contributed by atoms with Gasteiger partial charge in [-0.1, -0.05) is 0 Å². The maximum absolute atomic E-state index is 14.6. The second kappa shape index (κ2) is 6.09. The van der Waals surface area contributed by atoms with Crippen LogP contribution in [0.5, 0.6) is 0 Å². The average Bonchev–Trinajstić information content (AvgIpc) is 2.60. The Balaban J connectivity index is 2.18. The molecule has 0 bridgehead atoms. The SMILES string of the molecule is CC1(C)C(N)=N[C@](C)(c2nc(-c3cncc(C#N)c3)ccc2F)CS1(=O)=O. The largest absolute Gasteiger partial charge is 0.386 e. The molecule has 1 aliphatic heterocycles. The van der Waals surface area contributed by atoms with E-state index in [-0.39, 0.29) is 11.5 Å². The van der Waals surface area contributed by atoms with Gasteiger partial charge in [-0.15, -0.1) is 0 Å². The number of nitriles is 1. The molecular formula is C18H18FN5O2S. The molecule has 3 rings (SSSR count). The van der Waals surface area contributed by atoms with E-state index in [1.807, 2.05) is 6.07 Å². The van der Waals surface area contributed by atoms with Gasteiger partial charge in [-0.3, -0.25) is 9.98 Å². The van der Waals surface area contributed by atoms with Gasteiger partial charge in [0.25, 0.3) is 0 Å². The first-order valence-corrected chi connectivity index (χ1v) is 9.76. The molecule has 0 spiro atoms. The number of pyridine rings is 2. The van der Waals surface area contributed by atoms with Crippen LogP contribution in [0.1, 0.15) is 32.0 Å². The molecule has 0 saturated heterocycles. The molecule has 0 saturated carbocycles. The van der Waals surface area contributed by atoms with Gasteiger partial charge in [0.2, 0.25) is 0 Å². The highest BCUT2D eigenvalue weighted by molar-refractivity contribution is 7.93. The number of sulfone groups is 1. The van der Waals surface area contributed by atoms with Crippen molar-refractivity contribution in [3.8, 4) is 17.3 Å². The quantitative estimate of drug-likeness (QED) is 0.840. The van der Waals surface area contributed by atoms with Gasteiger partial charge < -0.3 is 5.73 Å². The minimum absolute atomic E-state index is 0.0870. The van der Waals surface area contributed by atoms with Crippen molar-refractivity contribution < 1.29 is 12.8 Å². The number of hydrogen-bond acceptors (Lipinski definition) is 7. The Kier molecular flexibility index (Phi) is 4.27. The summed E-state index contributed by atoms with van der Waals surface area (Å²) in [6.45, 7) is 4.44. The number of halogens is 1. The molecule has 7 nitrogen and oxygen atoms in total. The van der Waals surface area contributed by atoms with Crippen LogP contribution < -0.4 is 5.73 Å². The van der Waals surface area contributed by atoms with E-state index in [1.165, 1.54) is 45.3 Å². The van der Waals surface area contributed by atoms with Crippen LogP contribution in [0, 0.1) is 17.1 Å². The Hall–Kier alpha value is -2.86. The monoisotopic (exact) mass is 387 g/mol. The fourth-order valence-corrected chi connectivity index (χ4v) is 4.55. The van der Waals surface area contributed by atoms with E-state index in [1.54, 1.807) is 6.07 Å². The summed E-state index contributed by atoms with van der Waals surface area (Å²) in [5.74, 6) is -1.19. The third-order valence-corrected chi connectivity index (χ3v) is 7.46. The predicted octanol–water partition coefficient (Wildman–Crippen LogP) is 1.93. The number of aromatic nitrogens is 2. The number of nitrogens with two attached hydrogens (primary N) is 1. The van der Waals surface area contributed by atoms with E-state index in [4.69, 9.17) is 11.0 Å². The maximum atomic E-state index is 14.6. The van der Waals surface area contributed by atoms with E-state index in [2.05, 4.69) is 15.0 Å². The number of hydrogen-bond donors (Lipinski definition) is 1. The van der Waals surface area contributed by atoms with Crippen LogP contribution in [0.4, 0.5) is 4.39 Å². The molecule has 0 amide bonds. The van der Waals surface area contributed by atoms with Gasteiger partial charge in [0.05, 0.1) is 17.0 Å². The van der Waals surface area contributed by atoms with Crippen LogP contribution in [0.15, 0.2) is 35.6 Å². The summed E-state index contributed by atoms with van der Waals surface area (Å²) in [5.41, 5.74) is 5.53. The molecule has 1 atom stereocenters. The molecule has 0 unspecified atom stereocenters. The van der Waals surface area contributed by atoms with Crippen molar-refractivity contribution in [1.29, 1.82) is 5.26 Å². The lowest BCUT2D eigenvalue weighted by Gasteiger charge is -2.37. The van der Waals surface area contributed by atoms with Crippen molar-refractivity contribution in [2.45, 2.75) is 31.1 Å². The Morgan fingerprint density at radius 3 is 2.59 bits per heavy atom. The molecule has 2 aromatic rings. The normalized spacial score (nSPS) is 23.3. The van der Waals surface area contributed by atoms with Gasteiger partial charge in [-0.25, -0.2) is 17.8 Å². The van der Waals surface area contributed by atoms with Gasteiger partial charge in [0.1, 0.15) is 33.7 Å². The molecule has 2 N–H and O–H groups in total. The number of nitrogens with zero attached hydrogens (tertiary/aromatic N) is 4. The van der Waals surface area contributed by atoms with Crippen LogP contribution >= 0.6 is 0 Å². The minimum Gasteiger partial charge on any atom is -0.386 e. The van der Waals surface area contributed by atoms with Crippen molar-refractivity contribution in [2.24, 2.45) is 10.7 Å². The van der Waals surface area contributed by atoms with Crippen LogP contribution in [-0.4, -0.2) is 34.7 Å². The summed E-state index contributed by atoms with van der Waals surface area (Å²) in [6, 6.07) is 6.18. The molecule has 0 fully saturated rings. The first-order valence-electron chi connectivity index (χ1n) is 8.11. The fraction of sp³-hybridized carbons (Fsp3) is 0.333. The van der Waals surface area contributed by atoms with Crippen molar-refractivity contribution in [1.82, 2.24) is 9.97 Å². The van der Waals surface area contributed by atoms with Crippen LogP contribution in [0.2, 0.25) is 0 Å². The molecule has 1 aliphatic rings. The van der Waals surface area contributed by atoms with Gasteiger partial charge in [-0.2, -0.15) is 5.26 Å². The minimum atomic E-state index is -3.69. The summed E-state index contributed by atoms with van der Waals surface area (Å²) >= 11 is 0. The Morgan fingerprint density at radius 2 is 1.96 bits per heavy atom. The number of amidine groups is 1. The molecule has 0 aliphatic carbocycles. The highest BCUT2D eigenvalue weighted by Crippen LogP contribution is 2.37. The molecule has 9 heteroatoms. The average molecular weight is 387 g/mol. The van der Waals surface area contributed by atoms with Crippen molar-refractivity contribution >= 4 is 15.7 Å². The molecule has 0 radical (unpaired) electrons. The van der Waals surface area contributed by atoms with Crippen LogP contribution in [0.3, 0.4) is 0 Å². The molecule has 3 heterocycles. The van der Waals surface area contributed by atoms with Crippen LogP contribution in [0.25, 0.3) is 11.3 Å². The number of rotatable bonds is 2. The van der Waals surface area contributed by atoms with E-state index in [9.17, 15) is 12.8 Å². The Bertz CT molecular complexity index is 1100. The van der Waals surface area contributed by atoms with E-state index >= 15 is 0 Å². The Morgan fingerprint density at radius 1 is 1.26 bits per heavy atom. The summed E-state index contributed by atoms with van der Waals surface area (Å²) in [5, 5.41) is 9.02. The van der Waals surface area contributed by atoms with Gasteiger partial charge >= 0.3 is 0 Å². The summed E-state index contributed by atoms with van der Waals surface area (Å²) in [6.07, 6.45) is 2.89. The molecule has 140 valence electrons.